The fourth-order valence-corrected chi connectivity index (χ4v) is 13.8. The molecule has 0 aromatic rings. The zero-order valence-electron chi connectivity index (χ0n) is 65.0. The SMILES string of the molecule is CCCCCCCCCCCCCCCC(=O)O[C@H](COC(=O)CCCCCCCCCC(C)C)COP(=O)(O)OC[C@H](O)COP(=O)(O)OC[C@@H](COC(=O)CCCCCCCCCCCCC(C)CC)OC(=O)CCCCCCCCCCCCCCCCCCCCC(C)CC. The van der Waals surface area contributed by atoms with Crippen molar-refractivity contribution < 1.29 is 80.2 Å². The molecular weight excluding hydrogens is 1290 g/mol. The average molecular weight is 1450 g/mol. The summed E-state index contributed by atoms with van der Waals surface area (Å²) in [5.41, 5.74) is 0. The first kappa shape index (κ1) is 97.1. The highest BCUT2D eigenvalue weighted by molar-refractivity contribution is 7.47. The van der Waals surface area contributed by atoms with Crippen LogP contribution in [0.15, 0.2) is 0 Å². The van der Waals surface area contributed by atoms with Crippen molar-refractivity contribution >= 4 is 39.5 Å². The van der Waals surface area contributed by atoms with E-state index in [9.17, 15) is 43.2 Å². The maximum atomic E-state index is 13.1. The van der Waals surface area contributed by atoms with E-state index < -0.39 is 97.5 Å². The lowest BCUT2D eigenvalue weighted by Crippen LogP contribution is -2.30. The normalized spacial score (nSPS) is 14.5. The molecule has 0 spiro atoms. The second-order valence-electron chi connectivity index (χ2n) is 29.8. The van der Waals surface area contributed by atoms with Crippen molar-refractivity contribution in [2.24, 2.45) is 17.8 Å². The molecule has 7 atom stereocenters. The van der Waals surface area contributed by atoms with Gasteiger partial charge in [0.1, 0.15) is 19.3 Å². The highest BCUT2D eigenvalue weighted by Crippen LogP contribution is 2.45. The number of aliphatic hydroxyl groups is 1. The molecule has 0 aliphatic rings. The van der Waals surface area contributed by atoms with Gasteiger partial charge in [-0.1, -0.05) is 363 Å². The second kappa shape index (κ2) is 70.4. The van der Waals surface area contributed by atoms with Crippen molar-refractivity contribution in [3.8, 4) is 0 Å². The number of carbonyl (C=O) groups excluding carboxylic acids is 4. The summed E-state index contributed by atoms with van der Waals surface area (Å²) in [5, 5.41) is 10.6. The van der Waals surface area contributed by atoms with Crippen LogP contribution in [0.1, 0.15) is 414 Å². The minimum atomic E-state index is -4.96. The summed E-state index contributed by atoms with van der Waals surface area (Å²) in [6.07, 6.45) is 58.2. The third kappa shape index (κ3) is 71.5. The molecule has 588 valence electrons. The molecule has 0 amide bonds. The number of phosphoric ester groups is 2. The zero-order valence-corrected chi connectivity index (χ0v) is 66.8. The Labute approximate surface area is 607 Å². The summed E-state index contributed by atoms with van der Waals surface area (Å²) in [7, 11) is -9.92. The molecule has 99 heavy (non-hydrogen) atoms. The predicted octanol–water partition coefficient (Wildman–Crippen LogP) is 23.7. The first-order valence-corrected chi connectivity index (χ1v) is 44.4. The maximum Gasteiger partial charge on any atom is 0.472 e. The van der Waals surface area contributed by atoms with Crippen molar-refractivity contribution in [2.75, 3.05) is 39.6 Å². The first-order chi connectivity index (χ1) is 47.8. The topological polar surface area (TPSA) is 237 Å². The van der Waals surface area contributed by atoms with Gasteiger partial charge in [-0.2, -0.15) is 0 Å². The van der Waals surface area contributed by atoms with E-state index in [2.05, 4.69) is 48.5 Å². The Kier molecular flexibility index (Phi) is 69.0. The van der Waals surface area contributed by atoms with Gasteiger partial charge >= 0.3 is 39.5 Å². The van der Waals surface area contributed by atoms with Crippen molar-refractivity contribution in [3.63, 3.8) is 0 Å². The zero-order chi connectivity index (χ0) is 73.0. The van der Waals surface area contributed by atoms with E-state index in [1.807, 2.05) is 0 Å². The molecule has 3 N–H and O–H groups in total. The Bertz CT molecular complexity index is 1930. The van der Waals surface area contributed by atoms with Crippen LogP contribution in [0, 0.1) is 17.8 Å². The summed E-state index contributed by atoms with van der Waals surface area (Å²) in [6.45, 7) is 12.0. The van der Waals surface area contributed by atoms with Gasteiger partial charge in [0.15, 0.2) is 12.2 Å². The van der Waals surface area contributed by atoms with Crippen LogP contribution in [0.4, 0.5) is 0 Å². The lowest BCUT2D eigenvalue weighted by Gasteiger charge is -2.21. The number of esters is 4. The van der Waals surface area contributed by atoms with Gasteiger partial charge in [0.05, 0.1) is 26.4 Å². The Hall–Kier alpha value is -1.94. The Morgan fingerprint density at radius 3 is 0.768 bits per heavy atom. The van der Waals surface area contributed by atoms with E-state index in [-0.39, 0.29) is 25.7 Å². The molecular formula is C80H156O17P2. The van der Waals surface area contributed by atoms with Crippen LogP contribution in [0.2, 0.25) is 0 Å². The number of hydrogen-bond donors (Lipinski definition) is 3. The van der Waals surface area contributed by atoms with Gasteiger partial charge in [0.25, 0.3) is 0 Å². The molecule has 0 aromatic heterocycles. The molecule has 0 rings (SSSR count). The summed E-state index contributed by atoms with van der Waals surface area (Å²) < 4.78 is 68.6. The van der Waals surface area contributed by atoms with Gasteiger partial charge in [0, 0.05) is 25.7 Å². The van der Waals surface area contributed by atoms with Crippen LogP contribution in [-0.2, 0) is 65.4 Å². The summed E-state index contributed by atoms with van der Waals surface area (Å²) in [5.74, 6) is 0.273. The van der Waals surface area contributed by atoms with Gasteiger partial charge < -0.3 is 33.8 Å². The van der Waals surface area contributed by atoms with E-state index in [1.54, 1.807) is 0 Å². The van der Waals surface area contributed by atoms with Gasteiger partial charge in [-0.25, -0.2) is 9.13 Å². The number of carbonyl (C=O) groups is 4. The molecule has 4 unspecified atom stereocenters. The summed E-state index contributed by atoms with van der Waals surface area (Å²) in [6, 6.07) is 0. The molecule has 0 radical (unpaired) electrons. The van der Waals surface area contributed by atoms with Gasteiger partial charge in [-0.3, -0.25) is 37.3 Å². The molecule has 0 saturated heterocycles. The van der Waals surface area contributed by atoms with Gasteiger partial charge in [-0.05, 0) is 43.4 Å². The minimum Gasteiger partial charge on any atom is -0.462 e. The minimum absolute atomic E-state index is 0.107. The van der Waals surface area contributed by atoms with E-state index in [1.165, 1.54) is 218 Å². The monoisotopic (exact) mass is 1450 g/mol. The van der Waals surface area contributed by atoms with E-state index in [0.717, 1.165) is 108 Å². The Morgan fingerprint density at radius 1 is 0.293 bits per heavy atom. The predicted molar refractivity (Wildman–Crippen MR) is 405 cm³/mol. The molecule has 0 bridgehead atoms. The van der Waals surface area contributed by atoms with Gasteiger partial charge in [-0.15, -0.1) is 0 Å². The van der Waals surface area contributed by atoms with Crippen LogP contribution in [0.5, 0.6) is 0 Å². The first-order valence-electron chi connectivity index (χ1n) is 41.4. The molecule has 17 nitrogen and oxygen atoms in total. The lowest BCUT2D eigenvalue weighted by atomic mass is 9.99. The lowest BCUT2D eigenvalue weighted by molar-refractivity contribution is -0.161. The molecule has 19 heteroatoms. The molecule has 0 aromatic carbocycles. The molecule has 0 aliphatic carbocycles. The number of rotatable bonds is 78. The fourth-order valence-electron chi connectivity index (χ4n) is 12.2. The molecule has 0 saturated carbocycles. The van der Waals surface area contributed by atoms with Crippen LogP contribution in [-0.4, -0.2) is 96.7 Å². The van der Waals surface area contributed by atoms with Crippen LogP contribution >= 0.6 is 15.6 Å². The number of phosphoric acid groups is 2. The molecule has 0 heterocycles. The summed E-state index contributed by atoms with van der Waals surface area (Å²) >= 11 is 0. The smallest absolute Gasteiger partial charge is 0.462 e. The highest BCUT2D eigenvalue weighted by Gasteiger charge is 2.30. The second-order valence-corrected chi connectivity index (χ2v) is 32.7. The van der Waals surface area contributed by atoms with Gasteiger partial charge in [0.2, 0.25) is 0 Å². The van der Waals surface area contributed by atoms with Crippen LogP contribution in [0.3, 0.4) is 0 Å². The van der Waals surface area contributed by atoms with Crippen molar-refractivity contribution in [1.82, 2.24) is 0 Å². The van der Waals surface area contributed by atoms with Crippen molar-refractivity contribution in [3.05, 3.63) is 0 Å². The number of unbranched alkanes of at least 4 members (excludes halogenated alkanes) is 44. The van der Waals surface area contributed by atoms with E-state index >= 15 is 0 Å². The quantitative estimate of drug-likeness (QED) is 0.0222. The fraction of sp³-hybridized carbons (Fsp3) is 0.950. The number of hydrogen-bond acceptors (Lipinski definition) is 15. The third-order valence-corrected chi connectivity index (χ3v) is 21.3. The Balaban J connectivity index is 5.21. The van der Waals surface area contributed by atoms with E-state index in [4.69, 9.17) is 37.0 Å². The number of aliphatic hydroxyl groups excluding tert-OH is 1. The van der Waals surface area contributed by atoms with Crippen molar-refractivity contribution in [1.29, 1.82) is 0 Å². The van der Waals surface area contributed by atoms with Crippen LogP contribution in [0.25, 0.3) is 0 Å². The van der Waals surface area contributed by atoms with Crippen molar-refractivity contribution in [2.45, 2.75) is 433 Å². The standard InChI is InChI=1S/C80H156O17P2/c1-8-11-12-13-14-15-16-23-27-34-41-49-56-63-79(84)97-76(68-91-78(83)62-55-48-43-36-37-44-51-58-71(4)5)70-95-99(88,89)93-66-74(81)65-92-98(86,87)94-69-75(67-90-77(82)61-54-47-40-33-30-29-32-39-46-53-60-73(7)10-3)96-80(85)64-57-50-42-35-28-25-22-20-18-17-19-21-24-26-31-38-45-52-59-72(6)9-2/h71-76,81H,8-70H2,1-7H3,(H,86,87)(H,88,89)/t72?,73?,74-,75-,76-/m1/s1. The summed E-state index contributed by atoms with van der Waals surface area (Å²) in [4.78, 5) is 72.9. The van der Waals surface area contributed by atoms with Crippen LogP contribution < -0.4 is 0 Å². The molecule has 0 aliphatic heterocycles. The number of ether oxygens (including phenoxy) is 4. The maximum absolute atomic E-state index is 13.1. The van der Waals surface area contributed by atoms with E-state index in [0.29, 0.717) is 31.6 Å². The third-order valence-electron chi connectivity index (χ3n) is 19.4. The molecule has 0 fully saturated rings. The largest absolute Gasteiger partial charge is 0.472 e. The average Bonchev–Trinajstić information content (AvgIpc) is 1.93. The highest BCUT2D eigenvalue weighted by atomic mass is 31.2. The Morgan fingerprint density at radius 2 is 0.515 bits per heavy atom.